The molecular weight excluding hydrogens is 260 g/mol. The Morgan fingerprint density at radius 2 is 2.00 bits per heavy atom. The Kier molecular flexibility index (Phi) is 4.13. The summed E-state index contributed by atoms with van der Waals surface area (Å²) in [5.74, 6) is 1.36. The Morgan fingerprint density at radius 1 is 1.26 bits per heavy atom. The fourth-order valence-electron chi connectivity index (χ4n) is 2.68. The predicted octanol–water partition coefficient (Wildman–Crippen LogP) is 2.72. The topological polar surface area (TPSA) is 59.1 Å². The first kappa shape index (κ1) is 14.3. The number of anilines is 1. The summed E-state index contributed by atoms with van der Waals surface area (Å²) in [5, 5.41) is 3.61. The van der Waals surface area contributed by atoms with Crippen molar-refractivity contribution < 1.29 is 8.42 Å². The van der Waals surface area contributed by atoms with E-state index in [4.69, 9.17) is 0 Å². The molecule has 106 valence electrons. The van der Waals surface area contributed by atoms with E-state index in [9.17, 15) is 8.42 Å². The summed E-state index contributed by atoms with van der Waals surface area (Å²) in [6, 6.07) is 3.82. The molecule has 1 N–H and O–H groups in total. The molecule has 0 bridgehead atoms. The highest BCUT2D eigenvalue weighted by molar-refractivity contribution is 7.90. The van der Waals surface area contributed by atoms with Crippen LogP contribution < -0.4 is 5.32 Å². The second-order valence-corrected chi connectivity index (χ2v) is 7.64. The minimum Gasteiger partial charge on any atom is -0.381 e. The lowest BCUT2D eigenvalue weighted by molar-refractivity contribution is 0.253. The van der Waals surface area contributed by atoms with Crippen LogP contribution in [0.2, 0.25) is 0 Å². The summed E-state index contributed by atoms with van der Waals surface area (Å²) in [6.07, 6.45) is 6.50. The average Bonchev–Trinajstić information content (AvgIpc) is 2.35. The van der Waals surface area contributed by atoms with Gasteiger partial charge in [0.05, 0.1) is 11.9 Å². The van der Waals surface area contributed by atoms with Crippen LogP contribution in [-0.2, 0) is 9.84 Å². The van der Waals surface area contributed by atoms with Crippen LogP contribution in [0.3, 0.4) is 0 Å². The van der Waals surface area contributed by atoms with Crippen molar-refractivity contribution in [3.05, 3.63) is 18.3 Å². The zero-order valence-corrected chi connectivity index (χ0v) is 12.6. The van der Waals surface area contributed by atoms with Crippen molar-refractivity contribution in [2.75, 3.05) is 11.6 Å². The third-order valence-corrected chi connectivity index (χ3v) is 5.18. The summed E-state index contributed by atoms with van der Waals surface area (Å²) in [5.41, 5.74) is 0.901. The van der Waals surface area contributed by atoms with E-state index in [0.717, 1.165) is 11.6 Å². The van der Waals surface area contributed by atoms with Gasteiger partial charge in [0, 0.05) is 12.3 Å². The Balaban J connectivity index is 2.07. The van der Waals surface area contributed by atoms with Gasteiger partial charge in [-0.05, 0) is 30.4 Å². The minimum absolute atomic E-state index is 0.128. The van der Waals surface area contributed by atoms with Crippen molar-refractivity contribution in [2.45, 2.75) is 44.2 Å². The molecule has 19 heavy (non-hydrogen) atoms. The molecule has 0 aromatic carbocycles. The molecule has 3 atom stereocenters. The van der Waals surface area contributed by atoms with Crippen LogP contribution in [0.4, 0.5) is 5.69 Å². The van der Waals surface area contributed by atoms with Gasteiger partial charge in [-0.1, -0.05) is 26.7 Å². The molecule has 0 amide bonds. The van der Waals surface area contributed by atoms with E-state index >= 15 is 0 Å². The van der Waals surface area contributed by atoms with E-state index < -0.39 is 9.84 Å². The molecule has 0 spiro atoms. The zero-order chi connectivity index (χ0) is 14.0. The molecule has 0 radical (unpaired) electrons. The molecule has 0 aliphatic heterocycles. The third-order valence-electron chi connectivity index (χ3n) is 4.18. The van der Waals surface area contributed by atoms with E-state index in [1.165, 1.54) is 25.5 Å². The monoisotopic (exact) mass is 282 g/mol. The van der Waals surface area contributed by atoms with Crippen LogP contribution in [0.25, 0.3) is 0 Å². The Labute approximate surface area is 115 Å². The van der Waals surface area contributed by atoms with Crippen molar-refractivity contribution in [1.82, 2.24) is 4.98 Å². The fraction of sp³-hybridized carbons (Fsp3) is 0.643. The van der Waals surface area contributed by atoms with Crippen LogP contribution in [0, 0.1) is 11.8 Å². The molecule has 5 heteroatoms. The summed E-state index contributed by atoms with van der Waals surface area (Å²) in [4.78, 5) is 4.01. The maximum Gasteiger partial charge on any atom is 0.192 e. The molecular formula is C14H22N2O2S. The van der Waals surface area contributed by atoms with Crippen LogP contribution in [-0.4, -0.2) is 25.7 Å². The molecule has 4 nitrogen and oxygen atoms in total. The molecule has 1 fully saturated rings. The van der Waals surface area contributed by atoms with Crippen molar-refractivity contribution in [3.63, 3.8) is 0 Å². The summed E-state index contributed by atoms with van der Waals surface area (Å²) >= 11 is 0. The number of sulfone groups is 1. The van der Waals surface area contributed by atoms with E-state index in [0.29, 0.717) is 12.0 Å². The van der Waals surface area contributed by atoms with Gasteiger partial charge in [-0.25, -0.2) is 13.4 Å². The van der Waals surface area contributed by atoms with Crippen molar-refractivity contribution in [2.24, 2.45) is 11.8 Å². The first-order chi connectivity index (χ1) is 8.88. The molecule has 1 aromatic rings. The van der Waals surface area contributed by atoms with E-state index in [1.54, 1.807) is 18.3 Å². The number of hydrogen-bond acceptors (Lipinski definition) is 4. The SMILES string of the molecule is CC1CCCC(Nc2ccc(S(C)(=O)=O)nc2)C1C. The van der Waals surface area contributed by atoms with Gasteiger partial charge < -0.3 is 5.32 Å². The van der Waals surface area contributed by atoms with E-state index in [1.807, 2.05) is 0 Å². The third kappa shape index (κ3) is 3.47. The highest BCUT2D eigenvalue weighted by Crippen LogP contribution is 2.31. The first-order valence-electron chi connectivity index (χ1n) is 6.80. The van der Waals surface area contributed by atoms with Crippen molar-refractivity contribution in [1.29, 1.82) is 0 Å². The Hall–Kier alpha value is -1.10. The predicted molar refractivity (Wildman–Crippen MR) is 76.9 cm³/mol. The average molecular weight is 282 g/mol. The minimum atomic E-state index is -3.21. The van der Waals surface area contributed by atoms with Gasteiger partial charge in [0.25, 0.3) is 0 Å². The van der Waals surface area contributed by atoms with Crippen LogP contribution in [0.15, 0.2) is 23.4 Å². The molecule has 1 heterocycles. The van der Waals surface area contributed by atoms with Gasteiger partial charge in [0.1, 0.15) is 0 Å². The standard InChI is InChI=1S/C14H22N2O2S/c1-10-5-4-6-13(11(10)2)16-12-7-8-14(15-9-12)19(3,17)18/h7-11,13,16H,4-6H2,1-3H3. The second kappa shape index (κ2) is 5.49. The Morgan fingerprint density at radius 3 is 2.58 bits per heavy atom. The Bertz CT molecular complexity index is 525. The molecule has 0 saturated heterocycles. The number of rotatable bonds is 3. The van der Waals surface area contributed by atoms with Gasteiger partial charge in [-0.2, -0.15) is 0 Å². The number of hydrogen-bond donors (Lipinski definition) is 1. The molecule has 1 aromatic heterocycles. The lowest BCUT2D eigenvalue weighted by Crippen LogP contribution is -2.35. The van der Waals surface area contributed by atoms with E-state index in [-0.39, 0.29) is 5.03 Å². The highest BCUT2D eigenvalue weighted by atomic mass is 32.2. The molecule has 1 saturated carbocycles. The molecule has 3 unspecified atom stereocenters. The van der Waals surface area contributed by atoms with Gasteiger partial charge in [-0.3, -0.25) is 0 Å². The van der Waals surface area contributed by atoms with E-state index in [2.05, 4.69) is 24.1 Å². The summed E-state index contributed by atoms with van der Waals surface area (Å²) < 4.78 is 22.7. The maximum absolute atomic E-state index is 11.3. The number of aromatic nitrogens is 1. The van der Waals surface area contributed by atoms with Crippen LogP contribution >= 0.6 is 0 Å². The zero-order valence-electron chi connectivity index (χ0n) is 11.8. The highest BCUT2D eigenvalue weighted by Gasteiger charge is 2.26. The summed E-state index contributed by atoms with van der Waals surface area (Å²) in [7, 11) is -3.21. The summed E-state index contributed by atoms with van der Waals surface area (Å²) in [6.45, 7) is 4.57. The lowest BCUT2D eigenvalue weighted by Gasteiger charge is -2.35. The van der Waals surface area contributed by atoms with Gasteiger partial charge in [-0.15, -0.1) is 0 Å². The number of nitrogens with zero attached hydrogens (tertiary/aromatic N) is 1. The van der Waals surface area contributed by atoms with Crippen LogP contribution in [0.1, 0.15) is 33.1 Å². The second-order valence-electron chi connectivity index (χ2n) is 5.68. The fourth-order valence-corrected chi connectivity index (χ4v) is 3.24. The number of pyridine rings is 1. The molecule has 1 aliphatic rings. The smallest absolute Gasteiger partial charge is 0.192 e. The van der Waals surface area contributed by atoms with Crippen molar-refractivity contribution in [3.8, 4) is 0 Å². The molecule has 1 aliphatic carbocycles. The normalized spacial score (nSPS) is 28.1. The van der Waals surface area contributed by atoms with Gasteiger partial charge in [0.2, 0.25) is 0 Å². The number of nitrogens with one attached hydrogen (secondary N) is 1. The quantitative estimate of drug-likeness (QED) is 0.926. The molecule has 2 rings (SSSR count). The van der Waals surface area contributed by atoms with Crippen molar-refractivity contribution >= 4 is 15.5 Å². The maximum atomic E-state index is 11.3. The first-order valence-corrected chi connectivity index (χ1v) is 8.69. The van der Waals surface area contributed by atoms with Crippen LogP contribution in [0.5, 0.6) is 0 Å². The van der Waals surface area contributed by atoms with Gasteiger partial charge >= 0.3 is 0 Å². The van der Waals surface area contributed by atoms with Gasteiger partial charge in [0.15, 0.2) is 14.9 Å². The lowest BCUT2D eigenvalue weighted by atomic mass is 9.78. The largest absolute Gasteiger partial charge is 0.381 e.